The standard InChI is InChI=1S/C18H36N2/c1-3-5-10-13-17(16-19)14-11-8-6-7-9-12-15-18(20)4-2/h8-9,11-12,17-18H,3-7,10,13-16,19-20H2,1-2H3. The quantitative estimate of drug-likeness (QED) is 0.384. The third kappa shape index (κ3) is 12.4. The molecule has 0 rings (SSSR count). The van der Waals surface area contributed by atoms with Crippen molar-refractivity contribution in [2.75, 3.05) is 6.54 Å². The summed E-state index contributed by atoms with van der Waals surface area (Å²) in [7, 11) is 0. The number of allylic oxidation sites excluding steroid dienone is 3. The molecule has 4 N–H and O–H groups in total. The van der Waals surface area contributed by atoms with E-state index in [4.69, 9.17) is 11.5 Å². The summed E-state index contributed by atoms with van der Waals surface area (Å²) in [5.41, 5.74) is 11.7. The Balaban J connectivity index is 3.58. The van der Waals surface area contributed by atoms with Crippen LogP contribution < -0.4 is 11.5 Å². The Bertz CT molecular complexity index is 246. The van der Waals surface area contributed by atoms with Gasteiger partial charge in [0, 0.05) is 6.04 Å². The second-order valence-electron chi connectivity index (χ2n) is 5.76. The van der Waals surface area contributed by atoms with Crippen molar-refractivity contribution in [2.45, 2.75) is 77.7 Å². The third-order valence-corrected chi connectivity index (χ3v) is 3.82. The van der Waals surface area contributed by atoms with Crippen molar-refractivity contribution in [2.24, 2.45) is 17.4 Å². The zero-order chi connectivity index (χ0) is 15.1. The molecule has 0 aromatic rings. The van der Waals surface area contributed by atoms with E-state index in [2.05, 4.69) is 38.2 Å². The van der Waals surface area contributed by atoms with Gasteiger partial charge < -0.3 is 11.5 Å². The van der Waals surface area contributed by atoms with E-state index in [1.807, 2.05) is 0 Å². The van der Waals surface area contributed by atoms with Crippen LogP contribution in [-0.2, 0) is 0 Å². The Kier molecular flexibility index (Phi) is 14.4. The minimum atomic E-state index is 0.329. The molecule has 0 aliphatic carbocycles. The Morgan fingerprint density at radius 2 is 1.55 bits per heavy atom. The molecule has 2 nitrogen and oxygen atoms in total. The molecular formula is C18H36N2. The number of nitrogens with two attached hydrogens (primary N) is 2. The highest BCUT2D eigenvalue weighted by Gasteiger charge is 2.03. The van der Waals surface area contributed by atoms with Gasteiger partial charge in [-0.2, -0.15) is 0 Å². The number of hydrogen-bond donors (Lipinski definition) is 2. The molecule has 0 saturated carbocycles. The summed E-state index contributed by atoms with van der Waals surface area (Å²) < 4.78 is 0. The predicted molar refractivity (Wildman–Crippen MR) is 91.7 cm³/mol. The second-order valence-corrected chi connectivity index (χ2v) is 5.76. The van der Waals surface area contributed by atoms with Crippen LogP contribution in [0.1, 0.15) is 71.6 Å². The molecule has 0 radical (unpaired) electrons. The van der Waals surface area contributed by atoms with Crippen LogP contribution in [0.4, 0.5) is 0 Å². The summed E-state index contributed by atoms with van der Waals surface area (Å²) in [6.07, 6.45) is 19.8. The number of unbranched alkanes of at least 4 members (excludes halogenated alkanes) is 3. The molecule has 0 bridgehead atoms. The second kappa shape index (κ2) is 14.8. The molecule has 0 aliphatic heterocycles. The first-order chi connectivity index (χ1) is 9.74. The van der Waals surface area contributed by atoms with Crippen molar-refractivity contribution >= 4 is 0 Å². The lowest BCUT2D eigenvalue weighted by molar-refractivity contribution is 0.471. The van der Waals surface area contributed by atoms with Gasteiger partial charge in [0.15, 0.2) is 0 Å². The molecule has 20 heavy (non-hydrogen) atoms. The van der Waals surface area contributed by atoms with Crippen LogP contribution in [0.25, 0.3) is 0 Å². The van der Waals surface area contributed by atoms with E-state index in [0.717, 1.165) is 38.6 Å². The minimum absolute atomic E-state index is 0.329. The van der Waals surface area contributed by atoms with Crippen molar-refractivity contribution in [3.8, 4) is 0 Å². The summed E-state index contributed by atoms with van der Waals surface area (Å²) in [6.45, 7) is 5.21. The van der Waals surface area contributed by atoms with Gasteiger partial charge in [0.25, 0.3) is 0 Å². The lowest BCUT2D eigenvalue weighted by atomic mass is 9.97. The molecule has 0 fully saturated rings. The average Bonchev–Trinajstić information content (AvgIpc) is 2.47. The maximum Gasteiger partial charge on any atom is 0.00707 e. The maximum atomic E-state index is 5.86. The lowest BCUT2D eigenvalue weighted by Gasteiger charge is -2.11. The molecule has 2 unspecified atom stereocenters. The van der Waals surface area contributed by atoms with Gasteiger partial charge in [-0.15, -0.1) is 0 Å². The van der Waals surface area contributed by atoms with Gasteiger partial charge in [-0.25, -0.2) is 0 Å². The zero-order valence-electron chi connectivity index (χ0n) is 13.7. The van der Waals surface area contributed by atoms with Gasteiger partial charge in [0.2, 0.25) is 0 Å². The average molecular weight is 281 g/mol. The Labute approximate surface area is 126 Å². The first-order valence-corrected chi connectivity index (χ1v) is 8.50. The van der Waals surface area contributed by atoms with E-state index in [1.54, 1.807) is 0 Å². The van der Waals surface area contributed by atoms with Crippen LogP contribution in [0.15, 0.2) is 24.3 Å². The third-order valence-electron chi connectivity index (χ3n) is 3.82. The summed E-state index contributed by atoms with van der Waals surface area (Å²) in [5.74, 6) is 0.677. The number of hydrogen-bond acceptors (Lipinski definition) is 2. The molecule has 0 saturated heterocycles. The van der Waals surface area contributed by atoms with Gasteiger partial charge in [-0.3, -0.25) is 0 Å². The fraction of sp³-hybridized carbons (Fsp3) is 0.778. The van der Waals surface area contributed by atoms with Gasteiger partial charge in [0.1, 0.15) is 0 Å². The summed E-state index contributed by atoms with van der Waals surface area (Å²) in [5, 5.41) is 0. The first-order valence-electron chi connectivity index (χ1n) is 8.50. The van der Waals surface area contributed by atoms with E-state index in [1.165, 1.54) is 25.7 Å². The van der Waals surface area contributed by atoms with E-state index in [0.29, 0.717) is 12.0 Å². The molecule has 0 aromatic heterocycles. The SMILES string of the molecule is CCCCCC(CN)CC=CCCC=CCC(N)CC. The molecule has 0 spiro atoms. The van der Waals surface area contributed by atoms with Crippen LogP contribution in [0.3, 0.4) is 0 Å². The van der Waals surface area contributed by atoms with E-state index >= 15 is 0 Å². The van der Waals surface area contributed by atoms with Gasteiger partial charge in [-0.05, 0) is 51.0 Å². The highest BCUT2D eigenvalue weighted by molar-refractivity contribution is 4.90. The fourth-order valence-electron chi connectivity index (χ4n) is 2.17. The van der Waals surface area contributed by atoms with Crippen LogP contribution in [0, 0.1) is 5.92 Å². The molecular weight excluding hydrogens is 244 g/mol. The highest BCUT2D eigenvalue weighted by Crippen LogP contribution is 2.13. The summed E-state index contributed by atoms with van der Waals surface area (Å²) >= 11 is 0. The van der Waals surface area contributed by atoms with Crippen LogP contribution in [0.5, 0.6) is 0 Å². The molecule has 2 heteroatoms. The minimum Gasteiger partial charge on any atom is -0.330 e. The lowest BCUT2D eigenvalue weighted by Crippen LogP contribution is -2.16. The Morgan fingerprint density at radius 3 is 2.10 bits per heavy atom. The van der Waals surface area contributed by atoms with Crippen molar-refractivity contribution in [3.05, 3.63) is 24.3 Å². The van der Waals surface area contributed by atoms with Crippen molar-refractivity contribution in [1.82, 2.24) is 0 Å². The van der Waals surface area contributed by atoms with Crippen LogP contribution in [0.2, 0.25) is 0 Å². The van der Waals surface area contributed by atoms with Crippen LogP contribution >= 0.6 is 0 Å². The normalized spacial score (nSPS) is 15.2. The summed E-state index contributed by atoms with van der Waals surface area (Å²) in [6, 6.07) is 0.329. The van der Waals surface area contributed by atoms with Crippen molar-refractivity contribution < 1.29 is 0 Å². The maximum absolute atomic E-state index is 5.86. The molecule has 0 aromatic carbocycles. The largest absolute Gasteiger partial charge is 0.330 e. The Hall–Kier alpha value is -0.600. The van der Waals surface area contributed by atoms with Crippen molar-refractivity contribution in [1.29, 1.82) is 0 Å². The van der Waals surface area contributed by atoms with Crippen molar-refractivity contribution in [3.63, 3.8) is 0 Å². The topological polar surface area (TPSA) is 52.0 Å². The van der Waals surface area contributed by atoms with E-state index in [-0.39, 0.29) is 0 Å². The van der Waals surface area contributed by atoms with Gasteiger partial charge >= 0.3 is 0 Å². The number of rotatable bonds is 13. The fourth-order valence-corrected chi connectivity index (χ4v) is 2.17. The monoisotopic (exact) mass is 280 g/mol. The highest BCUT2D eigenvalue weighted by atomic mass is 14.6. The Morgan fingerprint density at radius 1 is 0.900 bits per heavy atom. The molecule has 118 valence electrons. The molecule has 0 amide bonds. The van der Waals surface area contributed by atoms with E-state index in [9.17, 15) is 0 Å². The van der Waals surface area contributed by atoms with E-state index < -0.39 is 0 Å². The molecule has 0 heterocycles. The smallest absolute Gasteiger partial charge is 0.00707 e. The van der Waals surface area contributed by atoms with Crippen LogP contribution in [-0.4, -0.2) is 12.6 Å². The summed E-state index contributed by atoms with van der Waals surface area (Å²) in [4.78, 5) is 0. The molecule has 2 atom stereocenters. The predicted octanol–water partition coefficient (Wildman–Crippen LogP) is 4.55. The first kappa shape index (κ1) is 19.4. The molecule has 0 aliphatic rings. The zero-order valence-corrected chi connectivity index (χ0v) is 13.7. The van der Waals surface area contributed by atoms with Gasteiger partial charge in [0.05, 0.1) is 0 Å². The van der Waals surface area contributed by atoms with Gasteiger partial charge in [-0.1, -0.05) is 57.4 Å².